The first-order chi connectivity index (χ1) is 18.9. The van der Waals surface area contributed by atoms with E-state index in [0.29, 0.717) is 51.4 Å². The largest absolute Gasteiger partial charge is 0.490 e. The smallest absolute Gasteiger partial charge is 0.293 e. The Morgan fingerprint density at radius 3 is 2.59 bits per heavy atom. The van der Waals surface area contributed by atoms with Gasteiger partial charge in [0.15, 0.2) is 29.6 Å². The highest BCUT2D eigenvalue weighted by Crippen LogP contribution is 2.40. The van der Waals surface area contributed by atoms with Crippen LogP contribution in [0.2, 0.25) is 5.02 Å². The molecule has 2 aliphatic rings. The summed E-state index contributed by atoms with van der Waals surface area (Å²) in [5.41, 5.74) is 1.87. The number of benzene rings is 3. The molecular weight excluding hydrogens is 544 g/mol. The molecule has 3 aromatic rings. The van der Waals surface area contributed by atoms with Crippen LogP contribution in [0.25, 0.3) is 6.08 Å². The molecule has 0 aromatic heterocycles. The molecule has 1 saturated heterocycles. The number of ether oxygens (including phenoxy) is 4. The number of para-hydroxylation sites is 1. The highest BCUT2D eigenvalue weighted by Gasteiger charge is 2.35. The monoisotopic (exact) mass is 566 g/mol. The summed E-state index contributed by atoms with van der Waals surface area (Å²) < 4.78 is 22.1. The maximum atomic E-state index is 13.1. The fourth-order valence-electron chi connectivity index (χ4n) is 3.90. The van der Waals surface area contributed by atoms with Crippen molar-refractivity contribution in [1.82, 2.24) is 4.90 Å². The average molecular weight is 567 g/mol. The third kappa shape index (κ3) is 6.13. The molecule has 2 heterocycles. The fourth-order valence-corrected chi connectivity index (χ4v) is 4.95. The van der Waals surface area contributed by atoms with E-state index >= 15 is 0 Å². The number of thioether (sulfide) groups is 1. The number of anilines is 1. The first kappa shape index (κ1) is 26.5. The summed E-state index contributed by atoms with van der Waals surface area (Å²) in [6, 6.07) is 17.4. The molecule has 11 heteroatoms. The van der Waals surface area contributed by atoms with Crippen molar-refractivity contribution in [2.45, 2.75) is 13.5 Å². The highest BCUT2D eigenvalue weighted by molar-refractivity contribution is 8.18. The Bertz CT molecular complexity index is 1460. The highest BCUT2D eigenvalue weighted by atomic mass is 35.5. The summed E-state index contributed by atoms with van der Waals surface area (Å²) in [6.07, 6.45) is 1.61. The maximum Gasteiger partial charge on any atom is 0.293 e. The third-order valence-corrected chi connectivity index (χ3v) is 6.98. The Balaban J connectivity index is 1.28. The molecule has 1 fully saturated rings. The molecule has 0 unspecified atom stereocenters. The molecule has 9 nitrogen and oxygen atoms in total. The lowest BCUT2D eigenvalue weighted by molar-refractivity contribution is -0.123. The van der Waals surface area contributed by atoms with Gasteiger partial charge < -0.3 is 24.3 Å². The number of carbonyl (C=O) groups excluding carboxylic acids is 3. The van der Waals surface area contributed by atoms with E-state index in [2.05, 4.69) is 5.32 Å². The summed E-state index contributed by atoms with van der Waals surface area (Å²) >= 11 is 7.18. The number of rotatable bonds is 9. The topological polar surface area (TPSA) is 103 Å². The lowest BCUT2D eigenvalue weighted by Gasteiger charge is -2.14. The molecule has 2 aliphatic heterocycles. The number of carbonyl (C=O) groups is 3. The van der Waals surface area contributed by atoms with Crippen LogP contribution in [0.5, 0.6) is 23.0 Å². The fraction of sp³-hybridized carbons (Fsp3) is 0.179. The summed E-state index contributed by atoms with van der Waals surface area (Å²) in [6.45, 7) is 2.07. The maximum absolute atomic E-state index is 13.1. The van der Waals surface area contributed by atoms with Crippen molar-refractivity contribution in [3.8, 4) is 23.0 Å². The van der Waals surface area contributed by atoms with E-state index in [1.54, 1.807) is 48.5 Å². The molecule has 5 rings (SSSR count). The van der Waals surface area contributed by atoms with Gasteiger partial charge in [-0.3, -0.25) is 19.3 Å². The van der Waals surface area contributed by atoms with Gasteiger partial charge in [-0.2, -0.15) is 0 Å². The number of nitrogens with zero attached hydrogens (tertiary/aromatic N) is 1. The lowest BCUT2D eigenvalue weighted by atomic mass is 10.1. The van der Waals surface area contributed by atoms with Crippen molar-refractivity contribution in [3.05, 3.63) is 81.7 Å². The molecule has 0 spiro atoms. The second-order valence-corrected chi connectivity index (χ2v) is 9.81. The number of amides is 3. The molecule has 200 valence electrons. The molecule has 3 aromatic carbocycles. The molecular formula is C28H23ClN2O7S. The van der Waals surface area contributed by atoms with E-state index in [4.69, 9.17) is 30.5 Å². The van der Waals surface area contributed by atoms with Crippen molar-refractivity contribution in [3.63, 3.8) is 0 Å². The van der Waals surface area contributed by atoms with Gasteiger partial charge in [-0.15, -0.1) is 0 Å². The van der Waals surface area contributed by atoms with Crippen molar-refractivity contribution < 1.29 is 33.3 Å². The number of halogens is 1. The van der Waals surface area contributed by atoms with E-state index in [1.165, 1.54) is 0 Å². The normalized spacial score (nSPS) is 15.1. The predicted octanol–water partition coefficient (Wildman–Crippen LogP) is 5.72. The summed E-state index contributed by atoms with van der Waals surface area (Å²) in [5, 5.41) is 2.72. The van der Waals surface area contributed by atoms with E-state index in [-0.39, 0.29) is 30.8 Å². The molecule has 0 saturated carbocycles. The molecule has 39 heavy (non-hydrogen) atoms. The molecule has 0 radical (unpaired) electrons. The van der Waals surface area contributed by atoms with Gasteiger partial charge in [-0.25, -0.2) is 0 Å². The van der Waals surface area contributed by atoms with Crippen LogP contribution in [0.3, 0.4) is 0 Å². The second-order valence-electron chi connectivity index (χ2n) is 8.41. The van der Waals surface area contributed by atoms with Crippen LogP contribution < -0.4 is 24.3 Å². The zero-order valence-corrected chi connectivity index (χ0v) is 22.3. The van der Waals surface area contributed by atoms with Gasteiger partial charge in [0.2, 0.25) is 6.79 Å². The number of fused-ring (bicyclic) bond motifs is 1. The lowest BCUT2D eigenvalue weighted by Crippen LogP contribution is -2.27. The van der Waals surface area contributed by atoms with E-state index < -0.39 is 11.1 Å². The van der Waals surface area contributed by atoms with Gasteiger partial charge >= 0.3 is 0 Å². The first-order valence-electron chi connectivity index (χ1n) is 12.0. The molecule has 0 aliphatic carbocycles. The Morgan fingerprint density at radius 1 is 1.05 bits per heavy atom. The van der Waals surface area contributed by atoms with E-state index in [0.717, 1.165) is 16.7 Å². The van der Waals surface area contributed by atoms with Gasteiger partial charge in [0.05, 0.1) is 18.1 Å². The molecule has 0 bridgehead atoms. The van der Waals surface area contributed by atoms with Crippen LogP contribution in [-0.4, -0.2) is 42.0 Å². The van der Waals surface area contributed by atoms with Crippen molar-refractivity contribution in [2.24, 2.45) is 0 Å². The quantitative estimate of drug-likeness (QED) is 0.328. The van der Waals surface area contributed by atoms with Gasteiger partial charge in [-0.05, 0) is 66.2 Å². The summed E-state index contributed by atoms with van der Waals surface area (Å²) in [7, 11) is 0. The first-order valence-corrected chi connectivity index (χ1v) is 13.2. The molecule has 3 amide bonds. The van der Waals surface area contributed by atoms with Gasteiger partial charge in [0, 0.05) is 16.8 Å². The third-order valence-electron chi connectivity index (χ3n) is 5.73. The van der Waals surface area contributed by atoms with Crippen LogP contribution in [0, 0.1) is 0 Å². The zero-order chi connectivity index (χ0) is 27.4. The average Bonchev–Trinajstić information content (AvgIpc) is 3.48. The summed E-state index contributed by atoms with van der Waals surface area (Å²) in [5.74, 6) is 1.07. The van der Waals surface area contributed by atoms with Crippen LogP contribution in [0.1, 0.15) is 18.1 Å². The number of nitrogens with one attached hydrogen (secondary N) is 1. The minimum Gasteiger partial charge on any atom is -0.490 e. The second kappa shape index (κ2) is 11.7. The number of hydrogen-bond donors (Lipinski definition) is 1. The zero-order valence-electron chi connectivity index (χ0n) is 20.8. The van der Waals surface area contributed by atoms with Crippen LogP contribution in [-0.2, 0) is 16.1 Å². The molecule has 0 atom stereocenters. The SMILES string of the molecule is CCOc1cc(/C=C2\SC(=O)N(Cc3cc4c(cc3Cl)OCO4)C2=O)ccc1OCC(=O)Nc1ccccc1. The van der Waals surface area contributed by atoms with Crippen LogP contribution in [0.15, 0.2) is 65.6 Å². The van der Waals surface area contributed by atoms with Gasteiger partial charge in [0.1, 0.15) is 0 Å². The number of imide groups is 1. The molecule has 1 N–H and O–H groups in total. The summed E-state index contributed by atoms with van der Waals surface area (Å²) in [4.78, 5) is 39.4. The Hall–Kier alpha value is -4.15. The minimum absolute atomic E-state index is 0.000497. The van der Waals surface area contributed by atoms with E-state index in [1.807, 2.05) is 25.1 Å². The standard InChI is InChI=1S/C28H23ClN2O7S/c1-2-35-22-10-17(8-9-21(22)36-15-26(32)30-19-6-4-3-5-7-19)11-25-27(33)31(28(34)39-25)14-18-12-23-24(13-20(18)29)38-16-37-23/h3-13H,2,14-16H2,1H3,(H,30,32)/b25-11-. The minimum atomic E-state index is -0.436. The Labute approximate surface area is 233 Å². The number of hydrogen-bond acceptors (Lipinski definition) is 8. The van der Waals surface area contributed by atoms with Crippen molar-refractivity contribution in [2.75, 3.05) is 25.3 Å². The Kier molecular flexibility index (Phi) is 7.94. The van der Waals surface area contributed by atoms with Crippen molar-refractivity contribution >= 4 is 52.2 Å². The van der Waals surface area contributed by atoms with Gasteiger partial charge in [-0.1, -0.05) is 35.9 Å². The van der Waals surface area contributed by atoms with Crippen LogP contribution in [0.4, 0.5) is 10.5 Å². The van der Waals surface area contributed by atoms with Crippen molar-refractivity contribution in [1.29, 1.82) is 0 Å². The predicted molar refractivity (Wildman–Crippen MR) is 147 cm³/mol. The van der Waals surface area contributed by atoms with E-state index in [9.17, 15) is 14.4 Å². The Morgan fingerprint density at radius 2 is 1.82 bits per heavy atom. The van der Waals surface area contributed by atoms with Gasteiger partial charge in [0.25, 0.3) is 17.1 Å². The van der Waals surface area contributed by atoms with Crippen LogP contribution >= 0.6 is 23.4 Å².